The van der Waals surface area contributed by atoms with Gasteiger partial charge in [-0.05, 0) is 0 Å². The van der Waals surface area contributed by atoms with E-state index in [-0.39, 0.29) is 0 Å². The van der Waals surface area contributed by atoms with Crippen LogP contribution in [-0.4, -0.2) is 7.11 Å². The monoisotopic (exact) mass is 460 g/mol. The van der Waals surface area contributed by atoms with E-state index in [2.05, 4.69) is 118 Å². The summed E-state index contributed by atoms with van der Waals surface area (Å²) in [6.45, 7) is 6.45. The fourth-order valence-corrected chi connectivity index (χ4v) is 11.3. The van der Waals surface area contributed by atoms with Crippen LogP contribution >= 0.6 is 17.2 Å². The summed E-state index contributed by atoms with van der Waals surface area (Å²) in [6.07, 6.45) is 0.722. The molecule has 0 saturated carbocycles. The van der Waals surface area contributed by atoms with Gasteiger partial charge in [0.2, 0.25) is 0 Å². The van der Waals surface area contributed by atoms with Gasteiger partial charge in [-0.2, -0.15) is 0 Å². The first-order valence-corrected chi connectivity index (χ1v) is 14.3. The molecule has 4 aromatic rings. The predicted octanol–water partition coefficient (Wildman–Crippen LogP) is 6.80. The Morgan fingerprint density at radius 1 is 0.656 bits per heavy atom. The average Bonchev–Trinajstić information content (AvgIpc) is 2.84. The van der Waals surface area contributed by atoms with E-state index in [4.69, 9.17) is 16.0 Å². The summed E-state index contributed by atoms with van der Waals surface area (Å²) >= 11 is 8.28. The number of hydrogen-bond acceptors (Lipinski definition) is 1. The second kappa shape index (κ2) is 8.74. The van der Waals surface area contributed by atoms with Gasteiger partial charge >= 0.3 is 197 Å². The molecule has 0 atom stereocenters. The summed E-state index contributed by atoms with van der Waals surface area (Å²) < 4.78 is 5.81. The SMILES string of the molecule is COc1c(C)cc(C)c(CP(Cl)(c2ccccc2)(c2ccccc2)c2ccccc2)c1C. The van der Waals surface area contributed by atoms with Crippen molar-refractivity contribution in [3.63, 3.8) is 0 Å². The Hall–Kier alpha value is -2.60. The van der Waals surface area contributed by atoms with Gasteiger partial charge < -0.3 is 0 Å². The first-order valence-electron chi connectivity index (χ1n) is 10.9. The number of halogens is 1. The van der Waals surface area contributed by atoms with Crippen molar-refractivity contribution in [3.8, 4) is 5.75 Å². The van der Waals surface area contributed by atoms with Crippen LogP contribution in [0.25, 0.3) is 0 Å². The van der Waals surface area contributed by atoms with Gasteiger partial charge in [-0.15, -0.1) is 0 Å². The number of benzene rings is 4. The van der Waals surface area contributed by atoms with E-state index >= 15 is 0 Å². The molecule has 0 aliphatic rings. The maximum atomic E-state index is 8.28. The molecule has 3 heteroatoms. The summed E-state index contributed by atoms with van der Waals surface area (Å²) in [7, 11) is 1.75. The number of rotatable bonds is 6. The second-order valence-electron chi connectivity index (χ2n) is 8.49. The summed E-state index contributed by atoms with van der Waals surface area (Å²) in [5.74, 6) is -2.44. The molecule has 0 aliphatic carbocycles. The van der Waals surface area contributed by atoms with Crippen LogP contribution in [0.1, 0.15) is 22.3 Å². The fourth-order valence-electron chi connectivity index (χ4n) is 5.00. The Morgan fingerprint density at radius 2 is 1.06 bits per heavy atom. The van der Waals surface area contributed by atoms with Crippen LogP contribution in [0.4, 0.5) is 0 Å². The van der Waals surface area contributed by atoms with Gasteiger partial charge in [0.05, 0.1) is 0 Å². The Kier molecular flexibility index (Phi) is 6.17. The van der Waals surface area contributed by atoms with Crippen molar-refractivity contribution in [1.82, 2.24) is 0 Å². The van der Waals surface area contributed by atoms with Gasteiger partial charge in [-0.3, -0.25) is 0 Å². The number of hydrogen-bond donors (Lipinski definition) is 0. The number of methoxy groups -OCH3 is 1. The molecule has 4 rings (SSSR count). The Bertz CT molecular complexity index is 1120. The minimum absolute atomic E-state index is 0.722. The van der Waals surface area contributed by atoms with E-state index in [1.54, 1.807) is 7.11 Å². The average molecular weight is 461 g/mol. The van der Waals surface area contributed by atoms with E-state index in [0.717, 1.165) is 17.5 Å². The Labute approximate surface area is 196 Å². The van der Waals surface area contributed by atoms with Gasteiger partial charge in [0.15, 0.2) is 0 Å². The molecule has 0 amide bonds. The van der Waals surface area contributed by atoms with Crippen LogP contribution in [0.2, 0.25) is 0 Å². The second-order valence-corrected chi connectivity index (χ2v) is 15.0. The third-order valence-electron chi connectivity index (χ3n) is 6.60. The van der Waals surface area contributed by atoms with E-state index in [1.807, 2.05) is 0 Å². The Balaban J connectivity index is 2.13. The molecular formula is C29H30ClOP. The third-order valence-corrected chi connectivity index (χ3v) is 13.8. The zero-order valence-corrected chi connectivity index (χ0v) is 20.8. The van der Waals surface area contributed by atoms with Crippen molar-refractivity contribution in [2.45, 2.75) is 26.9 Å². The van der Waals surface area contributed by atoms with Crippen molar-refractivity contribution >= 4 is 33.1 Å². The number of aryl methyl sites for hydroxylation is 2. The summed E-state index contributed by atoms with van der Waals surface area (Å²) in [5.41, 5.74) is 4.83. The molecule has 0 radical (unpaired) electrons. The molecule has 0 N–H and O–H groups in total. The van der Waals surface area contributed by atoms with Gasteiger partial charge in [0, 0.05) is 0 Å². The van der Waals surface area contributed by atoms with Gasteiger partial charge in [-0.25, -0.2) is 0 Å². The first-order chi connectivity index (χ1) is 15.4. The molecule has 0 aromatic heterocycles. The van der Waals surface area contributed by atoms with Gasteiger partial charge in [0.1, 0.15) is 0 Å². The molecule has 1 nitrogen and oxygen atoms in total. The molecular weight excluding hydrogens is 431 g/mol. The number of ether oxygens (including phenoxy) is 1. The van der Waals surface area contributed by atoms with Crippen molar-refractivity contribution in [2.24, 2.45) is 0 Å². The van der Waals surface area contributed by atoms with Crippen LogP contribution < -0.4 is 20.7 Å². The van der Waals surface area contributed by atoms with Crippen molar-refractivity contribution < 1.29 is 4.74 Å². The van der Waals surface area contributed by atoms with Gasteiger partial charge in [-0.1, -0.05) is 0 Å². The minimum atomic E-state index is -3.39. The normalized spacial score (nSPS) is 12.7. The van der Waals surface area contributed by atoms with Crippen molar-refractivity contribution in [3.05, 3.63) is 119 Å². The van der Waals surface area contributed by atoms with Crippen LogP contribution in [0.5, 0.6) is 5.75 Å². The fraction of sp³-hybridized carbons (Fsp3) is 0.172. The molecule has 32 heavy (non-hydrogen) atoms. The van der Waals surface area contributed by atoms with E-state index in [9.17, 15) is 0 Å². The van der Waals surface area contributed by atoms with Crippen LogP contribution in [-0.2, 0) is 6.16 Å². The van der Waals surface area contributed by atoms with Gasteiger partial charge in [0.25, 0.3) is 0 Å². The summed E-state index contributed by atoms with van der Waals surface area (Å²) in [6, 6.07) is 34.2. The quantitative estimate of drug-likeness (QED) is 0.287. The topological polar surface area (TPSA) is 9.23 Å². The summed E-state index contributed by atoms with van der Waals surface area (Å²) in [4.78, 5) is 0. The molecule has 0 fully saturated rings. The van der Waals surface area contributed by atoms with Crippen LogP contribution in [0.15, 0.2) is 97.1 Å². The zero-order chi connectivity index (χ0) is 22.8. The maximum absolute atomic E-state index is 8.28. The van der Waals surface area contributed by atoms with E-state index < -0.39 is 5.96 Å². The summed E-state index contributed by atoms with van der Waals surface area (Å²) in [5, 5.41) is 3.53. The zero-order valence-electron chi connectivity index (χ0n) is 19.2. The van der Waals surface area contributed by atoms with E-state index in [1.165, 1.54) is 32.6 Å². The molecule has 4 aromatic carbocycles. The van der Waals surface area contributed by atoms with Crippen LogP contribution in [0, 0.1) is 20.8 Å². The standard InChI is InChI=1S/C29H30ClOP/c1-22-20-23(2)29(31-4)24(3)28(22)21-32(30,25-14-8-5-9-15-25,26-16-10-6-11-17-26)27-18-12-7-13-19-27/h5-20H,21H2,1-4H3. The molecule has 0 heterocycles. The Morgan fingerprint density at radius 3 is 1.44 bits per heavy atom. The van der Waals surface area contributed by atoms with Crippen molar-refractivity contribution in [1.29, 1.82) is 0 Å². The predicted molar refractivity (Wildman–Crippen MR) is 142 cm³/mol. The first kappa shape index (κ1) is 22.6. The molecule has 0 bridgehead atoms. The molecule has 0 unspecified atom stereocenters. The van der Waals surface area contributed by atoms with Crippen LogP contribution in [0.3, 0.4) is 0 Å². The molecule has 0 saturated heterocycles. The molecule has 164 valence electrons. The van der Waals surface area contributed by atoms with E-state index in [0.29, 0.717) is 0 Å². The third kappa shape index (κ3) is 3.54. The molecule has 0 spiro atoms. The molecule has 0 aliphatic heterocycles. The van der Waals surface area contributed by atoms with Crippen molar-refractivity contribution in [2.75, 3.05) is 7.11 Å².